The number of nitrogens with one attached hydrogen (secondary N) is 1. The summed E-state index contributed by atoms with van der Waals surface area (Å²) in [5.41, 5.74) is 2.06. The van der Waals surface area contributed by atoms with Crippen LogP contribution in [-0.4, -0.2) is 60.0 Å². The summed E-state index contributed by atoms with van der Waals surface area (Å²) in [6.45, 7) is 6.58. The second kappa shape index (κ2) is 8.27. The zero-order chi connectivity index (χ0) is 18.8. The fourth-order valence-electron chi connectivity index (χ4n) is 4.76. The average molecular weight is 371 g/mol. The first-order chi connectivity index (χ1) is 13.1. The minimum absolute atomic E-state index is 0.101. The van der Waals surface area contributed by atoms with Gasteiger partial charge in [0.25, 0.3) is 0 Å². The van der Waals surface area contributed by atoms with Gasteiger partial charge in [-0.25, -0.2) is 0 Å². The third-order valence-corrected chi connectivity index (χ3v) is 6.72. The Morgan fingerprint density at radius 3 is 2.41 bits per heavy atom. The quantitative estimate of drug-likeness (QED) is 0.866. The van der Waals surface area contributed by atoms with E-state index in [4.69, 9.17) is 0 Å². The zero-order valence-corrected chi connectivity index (χ0v) is 16.9. The molecule has 27 heavy (non-hydrogen) atoms. The predicted molar refractivity (Wildman–Crippen MR) is 107 cm³/mol. The molecule has 3 heterocycles. The molecular formula is C22H34N4O. The third kappa shape index (κ3) is 4.69. The van der Waals surface area contributed by atoms with E-state index >= 15 is 0 Å². The highest BCUT2D eigenvalue weighted by Gasteiger charge is 2.36. The summed E-state index contributed by atoms with van der Waals surface area (Å²) in [7, 11) is 2.21. The first kappa shape index (κ1) is 18.9. The second-order valence-electron chi connectivity index (χ2n) is 8.87. The van der Waals surface area contributed by atoms with E-state index in [1.54, 1.807) is 0 Å². The molecule has 1 saturated carbocycles. The highest BCUT2D eigenvalue weighted by molar-refractivity contribution is 5.79. The number of aryl methyl sites for hydroxylation is 1. The maximum atomic E-state index is 13.0. The van der Waals surface area contributed by atoms with Crippen LogP contribution >= 0.6 is 0 Å². The maximum Gasteiger partial charge on any atom is 0.223 e. The lowest BCUT2D eigenvalue weighted by Crippen LogP contribution is -2.49. The van der Waals surface area contributed by atoms with Crippen LogP contribution in [0.15, 0.2) is 18.2 Å². The van der Waals surface area contributed by atoms with Crippen LogP contribution in [0.25, 0.3) is 0 Å². The van der Waals surface area contributed by atoms with Crippen LogP contribution in [-0.2, 0) is 4.79 Å². The molecule has 148 valence electrons. The summed E-state index contributed by atoms with van der Waals surface area (Å²) in [6, 6.07) is 6.97. The number of pyridine rings is 1. The standard InChI is InChI=1S/C22H34N4O/c1-16-4-3-5-20(23-16)21(17-6-7-17)24-22(27)18-8-14-26(15-9-18)19-10-12-25(2)13-11-19/h3-5,17-19,21H,6-15H2,1-2H3,(H,24,27). The summed E-state index contributed by atoms with van der Waals surface area (Å²) in [4.78, 5) is 22.7. The molecule has 1 atom stereocenters. The van der Waals surface area contributed by atoms with Crippen molar-refractivity contribution in [2.24, 2.45) is 11.8 Å². The lowest BCUT2D eigenvalue weighted by Gasteiger charge is -2.41. The number of hydrogen-bond donors (Lipinski definition) is 1. The van der Waals surface area contributed by atoms with E-state index in [0.717, 1.165) is 43.4 Å². The second-order valence-corrected chi connectivity index (χ2v) is 8.87. The van der Waals surface area contributed by atoms with E-state index < -0.39 is 0 Å². The lowest BCUT2D eigenvalue weighted by molar-refractivity contribution is -0.127. The SMILES string of the molecule is Cc1cccc(C(NC(=O)C2CCN(C3CCN(C)CC3)CC2)C2CC2)n1. The van der Waals surface area contributed by atoms with Gasteiger partial charge in [-0.05, 0) is 96.7 Å². The molecule has 5 heteroatoms. The molecule has 1 amide bonds. The van der Waals surface area contributed by atoms with Gasteiger partial charge in [-0.2, -0.15) is 0 Å². The minimum atomic E-state index is 0.101. The van der Waals surface area contributed by atoms with Crippen molar-refractivity contribution in [3.63, 3.8) is 0 Å². The van der Waals surface area contributed by atoms with Gasteiger partial charge in [0.2, 0.25) is 5.91 Å². The number of likely N-dealkylation sites (tertiary alicyclic amines) is 2. The van der Waals surface area contributed by atoms with Crippen molar-refractivity contribution >= 4 is 5.91 Å². The molecule has 0 bridgehead atoms. The Bertz CT molecular complexity index is 643. The summed E-state index contributed by atoms with van der Waals surface area (Å²) in [5, 5.41) is 3.37. The number of carbonyl (C=O) groups is 1. The molecule has 0 spiro atoms. The van der Waals surface area contributed by atoms with Gasteiger partial charge in [0.05, 0.1) is 11.7 Å². The Morgan fingerprint density at radius 2 is 1.78 bits per heavy atom. The van der Waals surface area contributed by atoms with Crippen LogP contribution in [0.2, 0.25) is 0 Å². The number of carbonyl (C=O) groups excluding carboxylic acids is 1. The summed E-state index contributed by atoms with van der Waals surface area (Å²) in [6.07, 6.45) is 6.95. The van der Waals surface area contributed by atoms with Crippen LogP contribution in [0.1, 0.15) is 56.0 Å². The Morgan fingerprint density at radius 1 is 1.07 bits per heavy atom. The van der Waals surface area contributed by atoms with Crippen molar-refractivity contribution in [1.82, 2.24) is 20.1 Å². The number of piperidine rings is 2. The van der Waals surface area contributed by atoms with Crippen molar-refractivity contribution in [3.8, 4) is 0 Å². The number of hydrogen-bond acceptors (Lipinski definition) is 4. The number of aromatic nitrogens is 1. The first-order valence-corrected chi connectivity index (χ1v) is 10.8. The topological polar surface area (TPSA) is 48.5 Å². The third-order valence-electron chi connectivity index (χ3n) is 6.72. The largest absolute Gasteiger partial charge is 0.347 e. The van der Waals surface area contributed by atoms with Crippen LogP contribution < -0.4 is 5.32 Å². The molecule has 3 fully saturated rings. The van der Waals surface area contributed by atoms with E-state index in [0.29, 0.717) is 5.92 Å². The van der Waals surface area contributed by atoms with Gasteiger partial charge in [0.15, 0.2) is 0 Å². The van der Waals surface area contributed by atoms with E-state index in [2.05, 4.69) is 39.3 Å². The monoisotopic (exact) mass is 370 g/mol. The molecule has 1 aliphatic carbocycles. The minimum Gasteiger partial charge on any atom is -0.347 e. The van der Waals surface area contributed by atoms with Gasteiger partial charge in [-0.1, -0.05) is 6.07 Å². The molecule has 1 aromatic rings. The van der Waals surface area contributed by atoms with Gasteiger partial charge >= 0.3 is 0 Å². The maximum absolute atomic E-state index is 13.0. The van der Waals surface area contributed by atoms with E-state index in [1.165, 1.54) is 38.8 Å². The smallest absolute Gasteiger partial charge is 0.223 e. The van der Waals surface area contributed by atoms with Crippen molar-refractivity contribution in [1.29, 1.82) is 0 Å². The Labute approximate surface area is 163 Å². The highest BCUT2D eigenvalue weighted by atomic mass is 16.2. The average Bonchev–Trinajstić information content (AvgIpc) is 3.52. The number of amides is 1. The molecule has 0 radical (unpaired) electrons. The van der Waals surface area contributed by atoms with Gasteiger partial charge in [0.1, 0.15) is 0 Å². The Balaban J connectivity index is 1.31. The van der Waals surface area contributed by atoms with Crippen molar-refractivity contribution in [2.75, 3.05) is 33.2 Å². The number of nitrogens with zero attached hydrogens (tertiary/aromatic N) is 3. The molecular weight excluding hydrogens is 336 g/mol. The van der Waals surface area contributed by atoms with Crippen LogP contribution in [0.3, 0.4) is 0 Å². The summed E-state index contributed by atoms with van der Waals surface area (Å²) < 4.78 is 0. The van der Waals surface area contributed by atoms with Crippen LogP contribution in [0, 0.1) is 18.8 Å². The summed E-state index contributed by atoms with van der Waals surface area (Å²) in [5.74, 6) is 0.986. The first-order valence-electron chi connectivity index (χ1n) is 10.8. The zero-order valence-electron chi connectivity index (χ0n) is 16.9. The van der Waals surface area contributed by atoms with E-state index in [9.17, 15) is 4.79 Å². The molecule has 1 unspecified atom stereocenters. The van der Waals surface area contributed by atoms with Gasteiger partial charge in [-0.15, -0.1) is 0 Å². The van der Waals surface area contributed by atoms with Crippen molar-refractivity contribution in [3.05, 3.63) is 29.6 Å². The van der Waals surface area contributed by atoms with Crippen LogP contribution in [0.4, 0.5) is 0 Å². The molecule has 2 saturated heterocycles. The van der Waals surface area contributed by atoms with E-state index in [-0.39, 0.29) is 17.9 Å². The molecule has 5 nitrogen and oxygen atoms in total. The van der Waals surface area contributed by atoms with Crippen LogP contribution in [0.5, 0.6) is 0 Å². The molecule has 4 rings (SSSR count). The fourth-order valence-corrected chi connectivity index (χ4v) is 4.76. The van der Waals surface area contributed by atoms with Crippen molar-refractivity contribution < 1.29 is 4.79 Å². The Kier molecular flexibility index (Phi) is 5.79. The number of rotatable bonds is 5. The normalized spacial score (nSPS) is 24.7. The molecule has 2 aliphatic heterocycles. The lowest BCUT2D eigenvalue weighted by atomic mass is 9.92. The van der Waals surface area contributed by atoms with Gasteiger partial charge in [0, 0.05) is 17.7 Å². The van der Waals surface area contributed by atoms with Gasteiger partial charge < -0.3 is 15.1 Å². The highest BCUT2D eigenvalue weighted by Crippen LogP contribution is 2.40. The Hall–Kier alpha value is -1.46. The molecule has 1 aromatic heterocycles. The molecule has 3 aliphatic rings. The molecule has 0 aromatic carbocycles. The predicted octanol–water partition coefficient (Wildman–Crippen LogP) is 2.76. The fraction of sp³-hybridized carbons (Fsp3) is 0.727. The summed E-state index contributed by atoms with van der Waals surface area (Å²) >= 11 is 0. The van der Waals surface area contributed by atoms with Gasteiger partial charge in [-0.3, -0.25) is 9.78 Å². The van der Waals surface area contributed by atoms with Crippen molar-refractivity contribution in [2.45, 2.75) is 57.5 Å². The molecule has 1 N–H and O–H groups in total. The van der Waals surface area contributed by atoms with E-state index in [1.807, 2.05) is 13.0 Å².